The molecule has 0 N–H and O–H groups in total. The van der Waals surface area contributed by atoms with Crippen LogP contribution >= 0.6 is 22.8 Å². The fourth-order valence-corrected chi connectivity index (χ4v) is 11.9. The zero-order valence-corrected chi connectivity index (χ0v) is 31.1. The molecule has 0 spiro atoms. The normalized spacial score (nSPS) is 13.9. The molecule has 0 aliphatic heterocycles. The Balaban J connectivity index is 1.96. The quantitative estimate of drug-likeness (QED) is 0.0921. The van der Waals surface area contributed by atoms with Crippen LogP contribution in [0, 0.1) is 0 Å². The fraction of sp³-hybridized carbons (Fsp3) is 0.162. The zero-order valence-electron chi connectivity index (χ0n) is 28.7. The molecule has 5 aromatic carbocycles. The molecule has 0 aromatic heterocycles. The van der Waals surface area contributed by atoms with E-state index in [0.29, 0.717) is 0 Å². The van der Waals surface area contributed by atoms with Crippen LogP contribution in [-0.4, -0.2) is 42.8 Å². The second-order valence-corrected chi connectivity index (χ2v) is 17.1. The first kappa shape index (κ1) is 44.9. The van der Waals surface area contributed by atoms with E-state index in [1.165, 1.54) is 121 Å². The SMILES string of the molecule is O=C(OP(c1ccccc1)(c1ccccc1)(c1ccccc1)c1ccccc1)c1cc(OC(F)(F)C(F)(F)F)c(OC(F)(F)C(F)(F)F)c(OC(F)(F)C(F)(F)F)c1Br. The number of halogens is 16. The van der Waals surface area contributed by atoms with E-state index in [-0.39, 0.29) is 21.2 Å². The van der Waals surface area contributed by atoms with Crippen LogP contribution in [-0.2, 0) is 4.52 Å². The molecule has 0 unspecified atom stereocenters. The maximum absolute atomic E-state index is 14.8. The summed E-state index contributed by atoms with van der Waals surface area (Å²) < 4.78 is 222. The monoisotopic (exact) mass is 940 g/mol. The van der Waals surface area contributed by atoms with Gasteiger partial charge < -0.3 is 0 Å². The van der Waals surface area contributed by atoms with Gasteiger partial charge in [0.15, 0.2) is 0 Å². The molecule has 5 nitrogen and oxygen atoms in total. The third-order valence-corrected chi connectivity index (χ3v) is 14.8. The fourth-order valence-electron chi connectivity index (χ4n) is 5.74. The van der Waals surface area contributed by atoms with E-state index in [4.69, 9.17) is 4.52 Å². The van der Waals surface area contributed by atoms with Crippen LogP contribution < -0.4 is 35.4 Å². The topological polar surface area (TPSA) is 54.0 Å². The van der Waals surface area contributed by atoms with Crippen molar-refractivity contribution in [3.63, 3.8) is 0 Å². The molecule has 0 aliphatic rings. The van der Waals surface area contributed by atoms with Gasteiger partial charge in [0.1, 0.15) is 0 Å². The first-order valence-electron chi connectivity index (χ1n) is 16.0. The van der Waals surface area contributed by atoms with Gasteiger partial charge >= 0.3 is 331 Å². The second kappa shape index (κ2) is 15.5. The first-order chi connectivity index (χ1) is 27.2. The Kier molecular flexibility index (Phi) is 11.8. The van der Waals surface area contributed by atoms with Gasteiger partial charge in [0.2, 0.25) is 0 Å². The molecule has 59 heavy (non-hydrogen) atoms. The number of rotatable bonds is 12. The van der Waals surface area contributed by atoms with Crippen molar-refractivity contribution < 1.29 is 89.4 Å². The molecule has 0 fully saturated rings. The van der Waals surface area contributed by atoms with E-state index in [2.05, 4.69) is 30.1 Å². The first-order valence-corrected chi connectivity index (χ1v) is 18.9. The number of carbonyl (C=O) groups is 1. The van der Waals surface area contributed by atoms with Gasteiger partial charge in [-0.25, -0.2) is 0 Å². The van der Waals surface area contributed by atoms with Crippen LogP contribution in [0.15, 0.2) is 132 Å². The summed E-state index contributed by atoms with van der Waals surface area (Å²) in [5.41, 5.74) is -1.68. The number of ether oxygens (including phenoxy) is 3. The van der Waals surface area contributed by atoms with Crippen LogP contribution in [0.3, 0.4) is 0 Å². The van der Waals surface area contributed by atoms with Crippen molar-refractivity contribution in [1.82, 2.24) is 0 Å². The summed E-state index contributed by atoms with van der Waals surface area (Å²) in [6, 6.07) is 29.0. The number of hydrogen-bond acceptors (Lipinski definition) is 5. The van der Waals surface area contributed by atoms with Gasteiger partial charge in [-0.2, -0.15) is 0 Å². The predicted octanol–water partition coefficient (Wildman–Crippen LogP) is 11.0. The number of carbonyl (C=O) groups excluding carboxylic acids is 1. The van der Waals surface area contributed by atoms with Crippen molar-refractivity contribution in [1.29, 1.82) is 0 Å². The number of alkyl halides is 15. The van der Waals surface area contributed by atoms with Gasteiger partial charge in [-0.1, -0.05) is 0 Å². The molecular weight excluding hydrogens is 920 g/mol. The van der Waals surface area contributed by atoms with Crippen LogP contribution in [0.4, 0.5) is 65.9 Å². The Labute approximate surface area is 330 Å². The minimum absolute atomic E-state index is 0.122. The molecule has 0 heterocycles. The van der Waals surface area contributed by atoms with Crippen molar-refractivity contribution >= 4 is 49.9 Å². The van der Waals surface area contributed by atoms with Crippen molar-refractivity contribution in [3.05, 3.63) is 137 Å². The minimum atomic E-state index is -6.95. The van der Waals surface area contributed by atoms with Gasteiger partial charge in [-0.15, -0.1) is 0 Å². The Morgan fingerprint density at radius 3 is 1.03 bits per heavy atom. The summed E-state index contributed by atoms with van der Waals surface area (Å²) in [5.74, 6) is -10.6. The summed E-state index contributed by atoms with van der Waals surface area (Å²) >= 11 is 2.33. The summed E-state index contributed by atoms with van der Waals surface area (Å²) in [5, 5.41) is 0.487. The van der Waals surface area contributed by atoms with Crippen LogP contribution in [0.25, 0.3) is 0 Å². The molecule has 22 heteroatoms. The molecule has 0 saturated carbocycles. The van der Waals surface area contributed by atoms with E-state index >= 15 is 0 Å². The summed E-state index contributed by atoms with van der Waals surface area (Å²) in [7, 11) is 0. The molecule has 0 bridgehead atoms. The van der Waals surface area contributed by atoms with Gasteiger partial charge in [0.25, 0.3) is 0 Å². The zero-order chi connectivity index (χ0) is 43.9. The van der Waals surface area contributed by atoms with Crippen molar-refractivity contribution in [2.75, 3.05) is 0 Å². The molecule has 0 amide bonds. The van der Waals surface area contributed by atoms with E-state index in [9.17, 15) is 70.7 Å². The van der Waals surface area contributed by atoms with Crippen molar-refractivity contribution in [2.45, 2.75) is 36.9 Å². The van der Waals surface area contributed by atoms with Crippen molar-refractivity contribution in [3.8, 4) is 17.2 Å². The summed E-state index contributed by atoms with van der Waals surface area (Å²) in [4.78, 5) is 14.8. The van der Waals surface area contributed by atoms with Crippen molar-refractivity contribution in [2.24, 2.45) is 0 Å². The average molecular weight is 941 g/mol. The van der Waals surface area contributed by atoms with Gasteiger partial charge in [0, 0.05) is 0 Å². The molecule has 316 valence electrons. The Hall–Kier alpha value is -5.17. The molecule has 5 aromatic rings. The van der Waals surface area contributed by atoms with Gasteiger partial charge in [-0.3, -0.25) is 0 Å². The standard InChI is InChI=1S/C37H21BrF15O5P/c38-28-26(21-27(55-35(48,49)32(39,40)41)29(56-36(50,51)33(42,43)44)30(28)57-37(52,53)34(45,46)47)31(54)58-59(22-13-5-1-6-14-22,23-15-7-2-8-16-23,24-17-9-3-10-18-24)25-19-11-4-12-20-25/h1-21H. The molecular formula is C37H21BrF15O5P. The predicted molar refractivity (Wildman–Crippen MR) is 186 cm³/mol. The summed E-state index contributed by atoms with van der Waals surface area (Å²) in [6.45, 7) is -5.34. The number of hydrogen-bond donors (Lipinski definition) is 0. The average Bonchev–Trinajstić information content (AvgIpc) is 3.16. The molecule has 5 rings (SSSR count). The van der Waals surface area contributed by atoms with Gasteiger partial charge in [-0.05, 0) is 0 Å². The number of benzene rings is 5. The molecule has 0 aliphatic carbocycles. The maximum atomic E-state index is 14.8. The third kappa shape index (κ3) is 7.97. The third-order valence-electron chi connectivity index (χ3n) is 8.31. The van der Waals surface area contributed by atoms with Gasteiger partial charge in [0.05, 0.1) is 0 Å². The Morgan fingerprint density at radius 1 is 0.441 bits per heavy atom. The Bertz CT molecular complexity index is 2100. The van der Waals surface area contributed by atoms with E-state index in [0.717, 1.165) is 0 Å². The van der Waals surface area contributed by atoms with Crippen LogP contribution in [0.2, 0.25) is 0 Å². The van der Waals surface area contributed by atoms with Crippen LogP contribution in [0.1, 0.15) is 10.4 Å². The van der Waals surface area contributed by atoms with Crippen LogP contribution in [0.5, 0.6) is 17.2 Å². The van der Waals surface area contributed by atoms with E-state index < -0.39 is 83.0 Å². The molecule has 0 atom stereocenters. The second-order valence-electron chi connectivity index (χ2n) is 12.0. The molecule has 0 saturated heterocycles. The van der Waals surface area contributed by atoms with E-state index in [1.807, 2.05) is 0 Å². The Morgan fingerprint density at radius 2 is 0.729 bits per heavy atom. The van der Waals surface area contributed by atoms with E-state index in [1.54, 1.807) is 0 Å². The molecule has 0 radical (unpaired) electrons. The summed E-state index contributed by atoms with van der Waals surface area (Å²) in [6.07, 6.45) is -40.8.